The van der Waals surface area contributed by atoms with Crippen molar-refractivity contribution in [2.75, 3.05) is 0 Å². The Kier molecular flexibility index (Phi) is 3.42. The van der Waals surface area contributed by atoms with Gasteiger partial charge in [-0.1, -0.05) is 18.2 Å². The van der Waals surface area contributed by atoms with Crippen LogP contribution in [0.1, 0.15) is 0 Å². The second kappa shape index (κ2) is 5.95. The van der Waals surface area contributed by atoms with Crippen molar-refractivity contribution >= 4 is 27.8 Å². The van der Waals surface area contributed by atoms with Gasteiger partial charge in [0, 0.05) is 34.3 Å². The summed E-state index contributed by atoms with van der Waals surface area (Å²) in [6.45, 7) is 0. The van der Waals surface area contributed by atoms with Crippen molar-refractivity contribution in [3.05, 3.63) is 82.9 Å². The lowest BCUT2D eigenvalue weighted by atomic mass is 10.2. The van der Waals surface area contributed by atoms with Crippen LogP contribution in [-0.2, 0) is 0 Å². The van der Waals surface area contributed by atoms with E-state index in [0.29, 0.717) is 5.82 Å². The molecule has 7 nitrogen and oxygen atoms in total. The number of hydrogen-bond acceptors (Lipinski definition) is 4. The summed E-state index contributed by atoms with van der Waals surface area (Å²) in [6.07, 6.45) is 0. The number of imidazole rings is 1. The lowest BCUT2D eigenvalue weighted by molar-refractivity contribution is -0.384. The molecule has 28 heavy (non-hydrogen) atoms. The van der Waals surface area contributed by atoms with Crippen LogP contribution < -0.4 is 0 Å². The van der Waals surface area contributed by atoms with Gasteiger partial charge in [-0.3, -0.25) is 14.7 Å². The van der Waals surface area contributed by atoms with Crippen LogP contribution in [0.5, 0.6) is 5.75 Å². The minimum absolute atomic E-state index is 0.0301. The molecule has 5 aromatic rings. The van der Waals surface area contributed by atoms with Crippen LogP contribution in [0, 0.1) is 10.1 Å². The van der Waals surface area contributed by atoms with Gasteiger partial charge in [-0.05, 0) is 42.5 Å². The van der Waals surface area contributed by atoms with Gasteiger partial charge in [0.2, 0.25) is 0 Å². The van der Waals surface area contributed by atoms with Crippen LogP contribution in [0.15, 0.2) is 72.8 Å². The number of aromatic hydroxyl groups is 1. The normalized spacial score (nSPS) is 11.3. The van der Waals surface area contributed by atoms with Gasteiger partial charge in [-0.2, -0.15) is 0 Å². The van der Waals surface area contributed by atoms with Crippen LogP contribution >= 0.6 is 0 Å². The number of rotatable bonds is 3. The predicted molar refractivity (Wildman–Crippen MR) is 107 cm³/mol. The molecule has 0 atom stereocenters. The number of nitrogens with one attached hydrogen (secondary N) is 1. The zero-order valence-electron chi connectivity index (χ0n) is 14.5. The van der Waals surface area contributed by atoms with Gasteiger partial charge < -0.3 is 10.1 Å². The first kappa shape index (κ1) is 16.1. The van der Waals surface area contributed by atoms with Gasteiger partial charge in [0.05, 0.1) is 4.92 Å². The van der Waals surface area contributed by atoms with Gasteiger partial charge in [-0.25, -0.2) is 4.98 Å². The van der Waals surface area contributed by atoms with E-state index >= 15 is 0 Å². The number of non-ortho nitro benzene ring substituents is 1. The fraction of sp³-hybridized carbons (Fsp3) is 0. The maximum atomic E-state index is 11.0. The number of nitrogens with zero attached hydrogens (tertiary/aromatic N) is 3. The molecule has 5 rings (SSSR count). The summed E-state index contributed by atoms with van der Waals surface area (Å²) >= 11 is 0. The zero-order chi connectivity index (χ0) is 19.3. The van der Waals surface area contributed by atoms with Crippen molar-refractivity contribution in [1.29, 1.82) is 0 Å². The molecule has 2 heterocycles. The molecule has 0 saturated heterocycles. The van der Waals surface area contributed by atoms with E-state index in [4.69, 9.17) is 4.98 Å². The zero-order valence-corrected chi connectivity index (χ0v) is 14.5. The standard InChI is InChI=1S/C21H14N4O3/c26-16-11-9-14(10-12-16)24-20(13-5-7-15(8-6-13)25(27)28)23-19-17-3-1-2-4-18(17)22-21(19)24/h1-12,22,26H. The molecule has 0 unspecified atom stereocenters. The number of phenolic OH excluding ortho intramolecular Hbond substituents is 1. The molecule has 0 bridgehead atoms. The number of H-pyrrole nitrogens is 1. The first-order valence-corrected chi connectivity index (χ1v) is 8.65. The quantitative estimate of drug-likeness (QED) is 0.352. The maximum absolute atomic E-state index is 11.0. The van der Waals surface area contributed by atoms with E-state index in [-0.39, 0.29) is 11.4 Å². The third kappa shape index (κ3) is 2.41. The molecule has 136 valence electrons. The van der Waals surface area contributed by atoms with Crippen molar-refractivity contribution in [3.8, 4) is 22.8 Å². The van der Waals surface area contributed by atoms with Crippen LogP contribution in [0.4, 0.5) is 5.69 Å². The smallest absolute Gasteiger partial charge is 0.269 e. The summed E-state index contributed by atoms with van der Waals surface area (Å²) in [4.78, 5) is 18.8. The monoisotopic (exact) mass is 370 g/mol. The molecule has 0 aliphatic heterocycles. The molecule has 0 saturated carbocycles. The van der Waals surface area contributed by atoms with Gasteiger partial charge in [0.25, 0.3) is 5.69 Å². The van der Waals surface area contributed by atoms with E-state index in [1.165, 1.54) is 12.1 Å². The minimum atomic E-state index is -0.423. The number of aromatic nitrogens is 3. The van der Waals surface area contributed by atoms with Crippen molar-refractivity contribution in [2.24, 2.45) is 0 Å². The van der Waals surface area contributed by atoms with Gasteiger partial charge >= 0.3 is 0 Å². The largest absolute Gasteiger partial charge is 0.508 e. The van der Waals surface area contributed by atoms with Crippen LogP contribution in [-0.4, -0.2) is 24.6 Å². The number of phenols is 1. The van der Waals surface area contributed by atoms with Crippen molar-refractivity contribution in [1.82, 2.24) is 14.5 Å². The molecule has 7 heteroatoms. The fourth-order valence-electron chi connectivity index (χ4n) is 3.43. The summed E-state index contributed by atoms with van der Waals surface area (Å²) in [5, 5.41) is 21.6. The number of nitro groups is 1. The number of fused-ring (bicyclic) bond motifs is 3. The highest BCUT2D eigenvalue weighted by molar-refractivity contribution is 6.05. The minimum Gasteiger partial charge on any atom is -0.508 e. The van der Waals surface area contributed by atoms with Gasteiger partial charge in [0.1, 0.15) is 22.7 Å². The second-order valence-corrected chi connectivity index (χ2v) is 6.46. The lowest BCUT2D eigenvalue weighted by Gasteiger charge is -2.09. The van der Waals surface area contributed by atoms with Gasteiger partial charge in [0.15, 0.2) is 0 Å². The van der Waals surface area contributed by atoms with Crippen LogP contribution in [0.2, 0.25) is 0 Å². The molecule has 0 radical (unpaired) electrons. The molecule has 0 fully saturated rings. The Morgan fingerprint density at radius 3 is 2.39 bits per heavy atom. The maximum Gasteiger partial charge on any atom is 0.269 e. The lowest BCUT2D eigenvalue weighted by Crippen LogP contribution is -1.98. The summed E-state index contributed by atoms with van der Waals surface area (Å²) in [7, 11) is 0. The summed E-state index contributed by atoms with van der Waals surface area (Å²) in [5.41, 5.74) is 4.22. The van der Waals surface area contributed by atoms with E-state index in [0.717, 1.165) is 33.3 Å². The average molecular weight is 370 g/mol. The van der Waals surface area contributed by atoms with Gasteiger partial charge in [-0.15, -0.1) is 0 Å². The first-order valence-electron chi connectivity index (χ1n) is 8.65. The molecule has 2 N–H and O–H groups in total. The summed E-state index contributed by atoms with van der Waals surface area (Å²) < 4.78 is 1.95. The Balaban J connectivity index is 1.81. The van der Waals surface area contributed by atoms with Crippen LogP contribution in [0.3, 0.4) is 0 Å². The number of aromatic amines is 1. The van der Waals surface area contributed by atoms with E-state index in [9.17, 15) is 15.2 Å². The molecule has 3 aromatic carbocycles. The Morgan fingerprint density at radius 1 is 0.964 bits per heavy atom. The Morgan fingerprint density at radius 2 is 1.68 bits per heavy atom. The predicted octanol–water partition coefficient (Wildman–Crippen LogP) is 4.79. The highest BCUT2D eigenvalue weighted by Gasteiger charge is 2.19. The second-order valence-electron chi connectivity index (χ2n) is 6.46. The van der Waals surface area contributed by atoms with Crippen LogP contribution in [0.25, 0.3) is 39.1 Å². The molecular weight excluding hydrogens is 356 g/mol. The Labute approximate surface area is 158 Å². The summed E-state index contributed by atoms with van der Waals surface area (Å²) in [5.74, 6) is 0.834. The third-order valence-electron chi connectivity index (χ3n) is 4.76. The fourth-order valence-corrected chi connectivity index (χ4v) is 3.43. The molecule has 0 aliphatic carbocycles. The van der Waals surface area contributed by atoms with Crippen molar-refractivity contribution < 1.29 is 10.0 Å². The summed E-state index contributed by atoms with van der Waals surface area (Å²) in [6, 6.07) is 21.1. The Bertz CT molecular complexity index is 1330. The molecule has 0 aliphatic rings. The topological polar surface area (TPSA) is 97.0 Å². The highest BCUT2D eigenvalue weighted by atomic mass is 16.6. The van der Waals surface area contributed by atoms with E-state index in [1.54, 1.807) is 36.4 Å². The Hall–Kier alpha value is -4.13. The van der Waals surface area contributed by atoms with Crippen molar-refractivity contribution in [2.45, 2.75) is 0 Å². The third-order valence-corrected chi connectivity index (χ3v) is 4.76. The SMILES string of the molecule is O=[N+]([O-])c1ccc(-c2nc3c4ccccc4[nH]c3n2-c2ccc(O)cc2)cc1. The number of benzene rings is 3. The van der Waals surface area contributed by atoms with E-state index in [1.807, 2.05) is 28.8 Å². The number of para-hydroxylation sites is 1. The average Bonchev–Trinajstić information content (AvgIpc) is 3.25. The molecule has 0 amide bonds. The molecule has 0 spiro atoms. The van der Waals surface area contributed by atoms with Crippen molar-refractivity contribution in [3.63, 3.8) is 0 Å². The first-order chi connectivity index (χ1) is 13.6. The van der Waals surface area contributed by atoms with E-state index < -0.39 is 4.92 Å². The highest BCUT2D eigenvalue weighted by Crippen LogP contribution is 2.33. The van der Waals surface area contributed by atoms with E-state index in [2.05, 4.69) is 4.98 Å². The number of hydrogen-bond donors (Lipinski definition) is 2. The molecular formula is C21H14N4O3. The molecule has 2 aromatic heterocycles. The number of nitro benzene ring substituents is 1.